The minimum Gasteiger partial charge on any atom is -0.481 e. The Morgan fingerprint density at radius 2 is 1.87 bits per heavy atom. The van der Waals surface area contributed by atoms with Crippen molar-refractivity contribution < 1.29 is 37.0 Å². The molecule has 1 saturated carbocycles. The Morgan fingerprint density at radius 1 is 1.13 bits per heavy atom. The van der Waals surface area contributed by atoms with Gasteiger partial charge in [-0.25, -0.2) is 19.2 Å². The minimum atomic E-state index is -4.69. The molecule has 246 valence electrons. The average molecular weight is 644 g/mol. The fraction of sp³-hybridized carbons (Fsp3) is 0.485. The Hall–Kier alpha value is -4.29. The molecule has 0 spiro atoms. The third-order valence-electron chi connectivity index (χ3n) is 8.91. The van der Waals surface area contributed by atoms with E-state index in [4.69, 9.17) is 14.7 Å². The van der Waals surface area contributed by atoms with Crippen LogP contribution in [-0.4, -0.2) is 56.2 Å². The van der Waals surface area contributed by atoms with Crippen molar-refractivity contribution in [2.45, 2.75) is 77.5 Å². The van der Waals surface area contributed by atoms with Crippen LogP contribution in [0.4, 0.5) is 28.2 Å². The van der Waals surface area contributed by atoms with Gasteiger partial charge in [0.15, 0.2) is 5.82 Å². The topological polar surface area (TPSA) is 109 Å². The molecule has 46 heavy (non-hydrogen) atoms. The van der Waals surface area contributed by atoms with E-state index in [2.05, 4.69) is 9.88 Å². The molecule has 1 aliphatic heterocycles. The second-order valence-corrected chi connectivity index (χ2v) is 12.1. The number of hydrogen-bond donors (Lipinski definition) is 1. The van der Waals surface area contributed by atoms with E-state index in [0.29, 0.717) is 36.2 Å². The molecule has 1 N–H and O–H groups in total. The number of hydrogen-bond acceptors (Lipinski definition) is 7. The molecule has 3 aromatic rings. The maximum Gasteiger partial charge on any atom is 0.416 e. The van der Waals surface area contributed by atoms with Crippen LogP contribution in [0.1, 0.15) is 74.4 Å². The Labute approximate surface area is 264 Å². The molecule has 5 rings (SSSR count). The van der Waals surface area contributed by atoms with Gasteiger partial charge in [0, 0.05) is 37.5 Å². The molecule has 1 aromatic carbocycles. The second-order valence-electron chi connectivity index (χ2n) is 12.1. The number of ether oxygens (including phenoxy) is 1. The van der Waals surface area contributed by atoms with Crippen molar-refractivity contribution in [1.82, 2.24) is 19.9 Å². The second kappa shape index (κ2) is 14.0. The number of cyclic esters (lactones) is 1. The van der Waals surface area contributed by atoms with Crippen LogP contribution in [-0.2, 0) is 28.9 Å². The first kappa shape index (κ1) is 33.1. The lowest BCUT2D eigenvalue weighted by Gasteiger charge is -2.33. The lowest BCUT2D eigenvalue weighted by molar-refractivity contribution is -0.139. The number of aromatic nitrogens is 3. The highest BCUT2D eigenvalue weighted by molar-refractivity contribution is 5.71. The van der Waals surface area contributed by atoms with Crippen molar-refractivity contribution in [1.29, 1.82) is 0 Å². The van der Waals surface area contributed by atoms with E-state index in [1.165, 1.54) is 11.0 Å². The van der Waals surface area contributed by atoms with Crippen LogP contribution < -0.4 is 4.90 Å². The molecular weight excluding hydrogens is 606 g/mol. The summed E-state index contributed by atoms with van der Waals surface area (Å²) in [4.78, 5) is 41.8. The number of rotatable bonds is 11. The largest absolute Gasteiger partial charge is 0.481 e. The van der Waals surface area contributed by atoms with Gasteiger partial charge in [0.1, 0.15) is 18.5 Å². The Balaban J connectivity index is 1.43. The van der Waals surface area contributed by atoms with Gasteiger partial charge >= 0.3 is 18.2 Å². The van der Waals surface area contributed by atoms with Crippen LogP contribution >= 0.6 is 0 Å². The smallest absolute Gasteiger partial charge is 0.416 e. The highest BCUT2D eigenvalue weighted by Crippen LogP contribution is 2.39. The van der Waals surface area contributed by atoms with Gasteiger partial charge in [-0.15, -0.1) is 0 Å². The van der Waals surface area contributed by atoms with Crippen molar-refractivity contribution in [2.75, 3.05) is 18.0 Å². The Morgan fingerprint density at radius 3 is 2.50 bits per heavy atom. The minimum absolute atomic E-state index is 0.0241. The predicted octanol–water partition coefficient (Wildman–Crippen LogP) is 7.22. The molecule has 2 atom stereocenters. The maximum absolute atomic E-state index is 13.6. The number of pyridine rings is 1. The maximum atomic E-state index is 13.6. The third-order valence-corrected chi connectivity index (χ3v) is 8.91. The van der Waals surface area contributed by atoms with E-state index in [1.807, 2.05) is 13.0 Å². The number of nitrogens with zero attached hydrogens (tertiary/aromatic N) is 5. The van der Waals surface area contributed by atoms with Crippen LogP contribution in [0.2, 0.25) is 0 Å². The number of carbonyl (C=O) groups excluding carboxylic acids is 1. The summed E-state index contributed by atoms with van der Waals surface area (Å²) in [6, 6.07) is 5.87. The number of carboxylic acids is 1. The summed E-state index contributed by atoms with van der Waals surface area (Å²) in [5.74, 6) is 0.291. The molecule has 1 aliphatic carbocycles. The quantitative estimate of drug-likeness (QED) is 0.218. The number of anilines is 1. The van der Waals surface area contributed by atoms with E-state index < -0.39 is 42.6 Å². The number of carbonyl (C=O) groups is 2. The Bertz CT molecular complexity index is 1530. The van der Waals surface area contributed by atoms with E-state index in [0.717, 1.165) is 43.4 Å². The van der Waals surface area contributed by atoms with Crippen LogP contribution in [0.3, 0.4) is 0 Å². The summed E-state index contributed by atoms with van der Waals surface area (Å²) >= 11 is 0. The molecule has 2 fully saturated rings. The van der Waals surface area contributed by atoms with Crippen LogP contribution in [0, 0.1) is 11.8 Å². The van der Waals surface area contributed by atoms with E-state index in [9.17, 15) is 32.3 Å². The first-order chi connectivity index (χ1) is 22.0. The molecule has 1 unspecified atom stereocenters. The molecule has 1 saturated heterocycles. The van der Waals surface area contributed by atoms with Gasteiger partial charge in [-0.05, 0) is 92.8 Å². The SMILES string of the molecule is CCN(CC1CCC(CC(=O)O)CC1)c1ncc(-c2cccnc2)nc1CN1C(=O)OC(c2cc(CF)cc(C(F)(F)F)c2)[C@@H]1C. The number of aliphatic carboxylic acids is 1. The zero-order valence-corrected chi connectivity index (χ0v) is 25.7. The fourth-order valence-corrected chi connectivity index (χ4v) is 6.43. The van der Waals surface area contributed by atoms with Gasteiger partial charge in [-0.2, -0.15) is 13.2 Å². The number of benzene rings is 1. The highest BCUT2D eigenvalue weighted by Gasteiger charge is 2.42. The number of amides is 1. The van der Waals surface area contributed by atoms with Crippen molar-refractivity contribution >= 4 is 17.9 Å². The van der Waals surface area contributed by atoms with Crippen LogP contribution in [0.15, 0.2) is 48.9 Å². The molecule has 3 heterocycles. The first-order valence-corrected chi connectivity index (χ1v) is 15.4. The lowest BCUT2D eigenvalue weighted by atomic mass is 9.80. The molecule has 0 bridgehead atoms. The number of carboxylic acid groups (broad SMARTS) is 1. The molecule has 1 amide bonds. The summed E-state index contributed by atoms with van der Waals surface area (Å²) in [5, 5.41) is 9.18. The summed E-state index contributed by atoms with van der Waals surface area (Å²) in [6.45, 7) is 3.82. The molecule has 2 aliphatic rings. The van der Waals surface area contributed by atoms with Gasteiger partial charge in [0.05, 0.1) is 30.0 Å². The molecule has 0 radical (unpaired) electrons. The van der Waals surface area contributed by atoms with E-state index >= 15 is 0 Å². The van der Waals surface area contributed by atoms with Crippen molar-refractivity contribution in [3.8, 4) is 11.3 Å². The normalized spacial score (nSPS) is 21.7. The molecule has 2 aromatic heterocycles. The summed E-state index contributed by atoms with van der Waals surface area (Å²) in [5.41, 5.74) is 0.655. The van der Waals surface area contributed by atoms with Gasteiger partial charge in [-0.1, -0.05) is 0 Å². The predicted molar refractivity (Wildman–Crippen MR) is 161 cm³/mol. The van der Waals surface area contributed by atoms with E-state index in [1.54, 1.807) is 31.6 Å². The zero-order valence-electron chi connectivity index (χ0n) is 25.7. The number of halogens is 4. The molecule has 13 heteroatoms. The van der Waals surface area contributed by atoms with Crippen molar-refractivity contribution in [2.24, 2.45) is 11.8 Å². The molecular formula is C33H37F4N5O4. The standard InChI is InChI=1S/C33H37F4N5O4/c1-3-41(18-22-8-6-21(7-9-22)13-29(43)44)31-28(40-27(17-39-31)24-5-4-10-38-16-24)19-42-20(2)30(46-32(42)45)25-11-23(15-34)12-26(14-25)33(35,36)37/h4-5,10-12,14,16-17,20-22,30H,3,6-9,13,15,18-19H2,1-2H3,(H,43,44)/t20-,21?,22?,30?/m0/s1. The monoisotopic (exact) mass is 643 g/mol. The van der Waals surface area contributed by atoms with Gasteiger partial charge in [0.25, 0.3) is 0 Å². The Kier molecular flexibility index (Phi) is 10.1. The average Bonchev–Trinajstić information content (AvgIpc) is 3.32. The van der Waals surface area contributed by atoms with Crippen LogP contribution in [0.25, 0.3) is 11.3 Å². The van der Waals surface area contributed by atoms with Crippen molar-refractivity contribution in [3.63, 3.8) is 0 Å². The summed E-state index contributed by atoms with van der Waals surface area (Å²) in [6.07, 6.45) is 2.10. The summed E-state index contributed by atoms with van der Waals surface area (Å²) in [7, 11) is 0. The number of alkyl halides is 4. The lowest BCUT2D eigenvalue weighted by Crippen LogP contribution is -2.36. The van der Waals surface area contributed by atoms with E-state index in [-0.39, 0.29) is 30.0 Å². The van der Waals surface area contributed by atoms with Gasteiger partial charge in [-0.3, -0.25) is 14.7 Å². The molecule has 9 nitrogen and oxygen atoms in total. The van der Waals surface area contributed by atoms with Gasteiger partial charge in [0.2, 0.25) is 0 Å². The van der Waals surface area contributed by atoms with Crippen molar-refractivity contribution in [3.05, 3.63) is 71.3 Å². The van der Waals surface area contributed by atoms with Gasteiger partial charge < -0.3 is 14.7 Å². The van der Waals surface area contributed by atoms with Crippen LogP contribution in [0.5, 0.6) is 0 Å². The zero-order chi connectivity index (χ0) is 33.0. The fourth-order valence-electron chi connectivity index (χ4n) is 6.43. The highest BCUT2D eigenvalue weighted by atomic mass is 19.4. The summed E-state index contributed by atoms with van der Waals surface area (Å²) < 4.78 is 59.9. The first-order valence-electron chi connectivity index (χ1n) is 15.4. The third kappa shape index (κ3) is 7.56.